The summed E-state index contributed by atoms with van der Waals surface area (Å²) in [5, 5.41) is 9.20. The smallest absolute Gasteiger partial charge is 0.335 e. The molecule has 1 N–H and O–H groups in total. The van der Waals surface area contributed by atoms with Crippen molar-refractivity contribution in [2.24, 2.45) is 5.92 Å². The van der Waals surface area contributed by atoms with Crippen LogP contribution in [0.25, 0.3) is 11.0 Å². The average molecular weight is 288 g/mol. The number of hydrogen-bond donors (Lipinski definition) is 1. The van der Waals surface area contributed by atoms with E-state index in [9.17, 15) is 9.90 Å². The molecule has 21 heavy (non-hydrogen) atoms. The van der Waals surface area contributed by atoms with E-state index < -0.39 is 5.97 Å². The molecule has 0 saturated heterocycles. The molecule has 0 aliphatic heterocycles. The van der Waals surface area contributed by atoms with Crippen molar-refractivity contribution in [3.8, 4) is 0 Å². The number of imidazole rings is 1. The molecule has 0 spiro atoms. The summed E-state index contributed by atoms with van der Waals surface area (Å²) in [6.07, 6.45) is 2.23. The van der Waals surface area contributed by atoms with Crippen molar-refractivity contribution in [1.29, 1.82) is 0 Å². The maximum absolute atomic E-state index is 11.2. The van der Waals surface area contributed by atoms with Crippen LogP contribution in [0.3, 0.4) is 0 Å². The van der Waals surface area contributed by atoms with Gasteiger partial charge < -0.3 is 9.67 Å². The second-order valence-electron chi connectivity index (χ2n) is 5.93. The Hall–Kier alpha value is -1.84. The number of aromatic nitrogens is 2. The third-order valence-electron chi connectivity index (χ3n) is 4.14. The van der Waals surface area contributed by atoms with Gasteiger partial charge in [0, 0.05) is 12.5 Å². The van der Waals surface area contributed by atoms with Crippen LogP contribution in [-0.4, -0.2) is 20.6 Å². The number of aromatic carboxylic acids is 1. The Labute approximate surface area is 125 Å². The number of benzene rings is 1. The second-order valence-corrected chi connectivity index (χ2v) is 5.93. The molecule has 1 heterocycles. The topological polar surface area (TPSA) is 55.1 Å². The van der Waals surface area contributed by atoms with Gasteiger partial charge in [0.1, 0.15) is 5.82 Å². The van der Waals surface area contributed by atoms with Crippen molar-refractivity contribution < 1.29 is 9.90 Å². The molecule has 0 bridgehead atoms. The molecular formula is C17H24N2O2. The van der Waals surface area contributed by atoms with Crippen molar-refractivity contribution in [3.05, 3.63) is 29.6 Å². The minimum absolute atomic E-state index is 0.319. The molecule has 0 radical (unpaired) electrons. The van der Waals surface area contributed by atoms with E-state index in [4.69, 9.17) is 4.98 Å². The fourth-order valence-electron chi connectivity index (χ4n) is 2.71. The Kier molecular flexibility index (Phi) is 4.66. The molecule has 0 amide bonds. The summed E-state index contributed by atoms with van der Waals surface area (Å²) in [5.41, 5.74) is 2.14. The highest BCUT2D eigenvalue weighted by Crippen LogP contribution is 2.25. The van der Waals surface area contributed by atoms with Crippen molar-refractivity contribution in [1.82, 2.24) is 9.55 Å². The Bertz CT molecular complexity index is 640. The summed E-state index contributed by atoms with van der Waals surface area (Å²) in [6, 6.07) is 5.19. The molecule has 0 unspecified atom stereocenters. The zero-order valence-electron chi connectivity index (χ0n) is 13.3. The highest BCUT2D eigenvalue weighted by molar-refractivity contribution is 5.92. The van der Waals surface area contributed by atoms with Crippen molar-refractivity contribution in [3.63, 3.8) is 0 Å². The molecule has 1 aromatic heterocycles. The second kappa shape index (κ2) is 6.29. The van der Waals surface area contributed by atoms with Crippen LogP contribution < -0.4 is 0 Å². The monoisotopic (exact) mass is 288 g/mol. The van der Waals surface area contributed by atoms with E-state index in [0.717, 1.165) is 36.2 Å². The van der Waals surface area contributed by atoms with Crippen LogP contribution in [0.15, 0.2) is 18.2 Å². The molecular weight excluding hydrogens is 264 g/mol. The zero-order valence-corrected chi connectivity index (χ0v) is 13.3. The summed E-state index contributed by atoms with van der Waals surface area (Å²) in [7, 11) is 0. The average Bonchev–Trinajstić information content (AvgIpc) is 2.82. The van der Waals surface area contributed by atoms with Gasteiger partial charge in [0.25, 0.3) is 0 Å². The lowest BCUT2D eigenvalue weighted by atomic mass is 10.0. The lowest BCUT2D eigenvalue weighted by Gasteiger charge is -2.17. The molecule has 1 aromatic carbocycles. The van der Waals surface area contributed by atoms with Crippen LogP contribution in [0.4, 0.5) is 0 Å². The van der Waals surface area contributed by atoms with Gasteiger partial charge in [0.15, 0.2) is 0 Å². The third kappa shape index (κ3) is 3.09. The summed E-state index contributed by atoms with van der Waals surface area (Å²) in [4.78, 5) is 15.9. The summed E-state index contributed by atoms with van der Waals surface area (Å²) >= 11 is 0. The lowest BCUT2D eigenvalue weighted by Crippen LogP contribution is -2.13. The maximum atomic E-state index is 11.2. The van der Waals surface area contributed by atoms with Crippen LogP contribution in [0.5, 0.6) is 0 Å². The Morgan fingerprint density at radius 1 is 1.29 bits per heavy atom. The quantitative estimate of drug-likeness (QED) is 0.862. The number of hydrogen-bond acceptors (Lipinski definition) is 2. The van der Waals surface area contributed by atoms with Gasteiger partial charge in [0.2, 0.25) is 0 Å². The molecule has 2 aromatic rings. The Morgan fingerprint density at radius 3 is 2.48 bits per heavy atom. The van der Waals surface area contributed by atoms with Crippen LogP contribution in [0, 0.1) is 5.92 Å². The summed E-state index contributed by atoms with van der Waals surface area (Å²) in [5.74, 6) is 1.06. The normalized spacial score (nSPS) is 11.7. The Balaban J connectivity index is 2.58. The van der Waals surface area contributed by atoms with Gasteiger partial charge in [-0.1, -0.05) is 40.5 Å². The summed E-state index contributed by atoms with van der Waals surface area (Å²) in [6.45, 7) is 9.56. The van der Waals surface area contributed by atoms with E-state index >= 15 is 0 Å². The zero-order chi connectivity index (χ0) is 15.6. The van der Waals surface area contributed by atoms with Gasteiger partial charge in [-0.2, -0.15) is 0 Å². The SMILES string of the molecule is CCC(CC)Cn1c(C(C)C)nc2ccc(C(=O)O)cc21. The van der Waals surface area contributed by atoms with Gasteiger partial charge >= 0.3 is 5.97 Å². The molecule has 0 atom stereocenters. The molecule has 0 aliphatic rings. The first-order valence-electron chi connectivity index (χ1n) is 7.71. The first kappa shape index (κ1) is 15.5. The molecule has 4 nitrogen and oxygen atoms in total. The van der Waals surface area contributed by atoms with Gasteiger partial charge in [-0.3, -0.25) is 0 Å². The van der Waals surface area contributed by atoms with E-state index in [-0.39, 0.29) is 0 Å². The number of rotatable bonds is 6. The van der Waals surface area contributed by atoms with E-state index in [2.05, 4.69) is 32.3 Å². The van der Waals surface area contributed by atoms with Crippen molar-refractivity contribution in [2.45, 2.75) is 53.0 Å². The lowest BCUT2D eigenvalue weighted by molar-refractivity contribution is 0.0697. The van der Waals surface area contributed by atoms with Gasteiger partial charge in [0.05, 0.1) is 16.6 Å². The van der Waals surface area contributed by atoms with Crippen LogP contribution in [0.2, 0.25) is 0 Å². The number of carboxylic acids is 1. The van der Waals surface area contributed by atoms with Gasteiger partial charge in [-0.05, 0) is 24.1 Å². The highest BCUT2D eigenvalue weighted by Gasteiger charge is 2.17. The van der Waals surface area contributed by atoms with E-state index in [0.29, 0.717) is 17.4 Å². The Morgan fingerprint density at radius 2 is 1.95 bits per heavy atom. The molecule has 0 aliphatic carbocycles. The van der Waals surface area contributed by atoms with E-state index in [1.807, 2.05) is 6.07 Å². The number of carboxylic acid groups (broad SMARTS) is 1. The van der Waals surface area contributed by atoms with E-state index in [1.54, 1.807) is 12.1 Å². The van der Waals surface area contributed by atoms with Crippen LogP contribution in [0.1, 0.15) is 62.6 Å². The van der Waals surface area contributed by atoms with Crippen LogP contribution in [-0.2, 0) is 6.54 Å². The van der Waals surface area contributed by atoms with Crippen molar-refractivity contribution >= 4 is 17.0 Å². The molecule has 0 saturated carbocycles. The maximum Gasteiger partial charge on any atom is 0.335 e. The fraction of sp³-hybridized carbons (Fsp3) is 0.529. The predicted molar refractivity (Wildman–Crippen MR) is 84.9 cm³/mol. The fourth-order valence-corrected chi connectivity index (χ4v) is 2.71. The minimum atomic E-state index is -0.890. The molecule has 4 heteroatoms. The predicted octanol–water partition coefficient (Wildman–Crippen LogP) is 4.29. The van der Waals surface area contributed by atoms with Crippen LogP contribution >= 0.6 is 0 Å². The molecule has 0 fully saturated rings. The third-order valence-corrected chi connectivity index (χ3v) is 4.14. The largest absolute Gasteiger partial charge is 0.478 e. The number of carbonyl (C=O) groups is 1. The number of fused-ring (bicyclic) bond motifs is 1. The molecule has 2 rings (SSSR count). The van der Waals surface area contributed by atoms with Crippen molar-refractivity contribution in [2.75, 3.05) is 0 Å². The number of nitrogens with zero attached hydrogens (tertiary/aromatic N) is 2. The van der Waals surface area contributed by atoms with E-state index in [1.165, 1.54) is 0 Å². The summed E-state index contributed by atoms with van der Waals surface area (Å²) < 4.78 is 2.21. The first-order valence-corrected chi connectivity index (χ1v) is 7.71. The standard InChI is InChI=1S/C17H24N2O2/c1-5-12(6-2)10-19-15-9-13(17(20)21)7-8-14(15)18-16(19)11(3)4/h7-9,11-12H,5-6,10H2,1-4H3,(H,20,21). The molecule has 114 valence electrons. The minimum Gasteiger partial charge on any atom is -0.478 e. The van der Waals surface area contributed by atoms with Gasteiger partial charge in [-0.25, -0.2) is 9.78 Å². The highest BCUT2D eigenvalue weighted by atomic mass is 16.4. The van der Waals surface area contributed by atoms with Gasteiger partial charge in [-0.15, -0.1) is 0 Å². The first-order chi connectivity index (χ1) is 9.97.